The van der Waals surface area contributed by atoms with Gasteiger partial charge in [0, 0.05) is 24.8 Å². The van der Waals surface area contributed by atoms with Crippen LogP contribution in [0, 0.1) is 6.92 Å². The first kappa shape index (κ1) is 15.7. The molecule has 0 radical (unpaired) electrons. The molecule has 2 aromatic heterocycles. The molecule has 24 heavy (non-hydrogen) atoms. The van der Waals surface area contributed by atoms with Crippen molar-refractivity contribution < 1.29 is 4.79 Å². The highest BCUT2D eigenvalue weighted by Crippen LogP contribution is 2.06. The van der Waals surface area contributed by atoms with Gasteiger partial charge in [-0.25, -0.2) is 9.78 Å². The van der Waals surface area contributed by atoms with Crippen molar-refractivity contribution >= 4 is 16.9 Å². The van der Waals surface area contributed by atoms with E-state index in [0.29, 0.717) is 10.9 Å². The van der Waals surface area contributed by atoms with Crippen molar-refractivity contribution in [2.75, 3.05) is 6.54 Å². The van der Waals surface area contributed by atoms with Crippen LogP contribution in [-0.2, 0) is 6.54 Å². The number of hydrogen-bond acceptors (Lipinski definition) is 4. The summed E-state index contributed by atoms with van der Waals surface area (Å²) in [5.41, 5.74) is 0.722. The van der Waals surface area contributed by atoms with Crippen LogP contribution in [0.15, 0.2) is 52.2 Å². The first-order chi connectivity index (χ1) is 11.6. The van der Waals surface area contributed by atoms with Gasteiger partial charge in [0.2, 0.25) is 0 Å². The van der Waals surface area contributed by atoms with E-state index < -0.39 is 11.2 Å². The number of benzene rings is 1. The van der Waals surface area contributed by atoms with Crippen LogP contribution < -0.4 is 16.6 Å². The largest absolute Gasteiger partial charge is 0.350 e. The Morgan fingerprint density at radius 2 is 2.00 bits per heavy atom. The van der Waals surface area contributed by atoms with Crippen LogP contribution in [0.1, 0.15) is 15.9 Å². The molecule has 0 unspecified atom stereocenters. The Hall–Kier alpha value is -3.22. The Kier molecular flexibility index (Phi) is 4.24. The lowest BCUT2D eigenvalue weighted by Gasteiger charge is -2.09. The lowest BCUT2D eigenvalue weighted by Crippen LogP contribution is -2.39. The minimum atomic E-state index is -0.545. The van der Waals surface area contributed by atoms with E-state index in [2.05, 4.69) is 15.3 Å². The maximum Gasteiger partial charge on any atom is 0.330 e. The highest BCUT2D eigenvalue weighted by atomic mass is 16.2. The predicted octanol–water partition coefficient (Wildman–Crippen LogP) is 0.823. The van der Waals surface area contributed by atoms with Gasteiger partial charge in [-0.1, -0.05) is 18.2 Å². The van der Waals surface area contributed by atoms with Crippen molar-refractivity contribution in [1.29, 1.82) is 0 Å². The van der Waals surface area contributed by atoms with Crippen LogP contribution in [0.2, 0.25) is 0 Å². The van der Waals surface area contributed by atoms with Gasteiger partial charge in [0.25, 0.3) is 11.5 Å². The number of aromatic amines is 1. The van der Waals surface area contributed by atoms with Gasteiger partial charge in [0.15, 0.2) is 0 Å². The summed E-state index contributed by atoms with van der Waals surface area (Å²) < 4.78 is 1.06. The second kappa shape index (κ2) is 6.49. The quantitative estimate of drug-likeness (QED) is 0.742. The molecule has 0 aliphatic rings. The topological polar surface area (TPSA) is 96.8 Å². The summed E-state index contributed by atoms with van der Waals surface area (Å²) in [6.45, 7) is 2.10. The zero-order valence-electron chi connectivity index (χ0n) is 13.1. The summed E-state index contributed by atoms with van der Waals surface area (Å²) in [7, 11) is 0. The highest BCUT2D eigenvalue weighted by molar-refractivity contribution is 5.95. The number of H-pyrrole nitrogens is 1. The van der Waals surface area contributed by atoms with Crippen LogP contribution in [0.5, 0.6) is 0 Å². The maximum atomic E-state index is 12.3. The molecule has 0 saturated heterocycles. The number of nitrogens with one attached hydrogen (secondary N) is 2. The van der Waals surface area contributed by atoms with Crippen LogP contribution in [0.3, 0.4) is 0 Å². The minimum Gasteiger partial charge on any atom is -0.350 e. The van der Waals surface area contributed by atoms with E-state index in [4.69, 9.17) is 0 Å². The van der Waals surface area contributed by atoms with Crippen molar-refractivity contribution in [3.05, 3.63) is 74.6 Å². The summed E-state index contributed by atoms with van der Waals surface area (Å²) >= 11 is 0. The summed E-state index contributed by atoms with van der Waals surface area (Å²) in [4.78, 5) is 43.0. The van der Waals surface area contributed by atoms with Crippen molar-refractivity contribution in [2.45, 2.75) is 13.5 Å². The molecule has 0 aliphatic carbocycles. The third-order valence-corrected chi connectivity index (χ3v) is 3.76. The number of pyridine rings is 1. The Morgan fingerprint density at radius 1 is 1.21 bits per heavy atom. The zero-order chi connectivity index (χ0) is 17.1. The molecule has 7 nitrogen and oxygen atoms in total. The molecule has 122 valence electrons. The molecule has 1 amide bonds. The Balaban J connectivity index is 1.77. The molecule has 3 rings (SSSR count). The monoisotopic (exact) mass is 324 g/mol. The number of carbonyl (C=O) groups is 1. The van der Waals surface area contributed by atoms with E-state index in [-0.39, 0.29) is 24.6 Å². The van der Waals surface area contributed by atoms with Gasteiger partial charge in [0.1, 0.15) is 5.65 Å². The number of rotatable bonds is 4. The fourth-order valence-corrected chi connectivity index (χ4v) is 2.49. The zero-order valence-corrected chi connectivity index (χ0v) is 13.1. The molecule has 1 aromatic carbocycles. The van der Waals surface area contributed by atoms with Crippen molar-refractivity contribution in [2.24, 2.45) is 0 Å². The molecule has 0 bridgehead atoms. The second-order valence-corrected chi connectivity index (χ2v) is 5.36. The van der Waals surface area contributed by atoms with Crippen LogP contribution >= 0.6 is 0 Å². The van der Waals surface area contributed by atoms with Crippen LogP contribution in [0.4, 0.5) is 0 Å². The lowest BCUT2D eigenvalue weighted by atomic mass is 10.1. The van der Waals surface area contributed by atoms with E-state index in [1.54, 1.807) is 24.3 Å². The molecule has 2 heterocycles. The standard InChI is InChI=1S/C17H16N4O3/c1-11-5-2-3-6-12(11)15(22)19-9-10-21-16(23)13-7-4-8-18-14(13)20-17(21)24/h2-8H,9-10H2,1H3,(H,19,22)(H,18,20,24). The van der Waals surface area contributed by atoms with E-state index >= 15 is 0 Å². The number of amides is 1. The lowest BCUT2D eigenvalue weighted by molar-refractivity contribution is 0.0951. The number of aryl methyl sites for hydroxylation is 1. The minimum absolute atomic E-state index is 0.0800. The van der Waals surface area contributed by atoms with Gasteiger partial charge >= 0.3 is 5.69 Å². The van der Waals surface area contributed by atoms with Gasteiger partial charge in [0.05, 0.1) is 5.39 Å². The molecule has 0 aliphatic heterocycles. The van der Waals surface area contributed by atoms with Crippen molar-refractivity contribution in [3.8, 4) is 0 Å². The van der Waals surface area contributed by atoms with E-state index in [9.17, 15) is 14.4 Å². The number of hydrogen-bond donors (Lipinski definition) is 2. The van der Waals surface area contributed by atoms with Crippen molar-refractivity contribution in [3.63, 3.8) is 0 Å². The Morgan fingerprint density at radius 3 is 2.79 bits per heavy atom. The molecule has 0 saturated carbocycles. The fraction of sp³-hybridized carbons (Fsp3) is 0.176. The van der Waals surface area contributed by atoms with E-state index in [0.717, 1.165) is 10.1 Å². The first-order valence-electron chi connectivity index (χ1n) is 7.49. The maximum absolute atomic E-state index is 12.3. The summed E-state index contributed by atoms with van der Waals surface area (Å²) in [6.07, 6.45) is 1.50. The van der Waals surface area contributed by atoms with Gasteiger partial charge in [-0.2, -0.15) is 0 Å². The average Bonchev–Trinajstić information content (AvgIpc) is 2.58. The van der Waals surface area contributed by atoms with E-state index in [1.807, 2.05) is 19.1 Å². The van der Waals surface area contributed by atoms with Crippen molar-refractivity contribution in [1.82, 2.24) is 19.9 Å². The van der Waals surface area contributed by atoms with Gasteiger partial charge in [-0.05, 0) is 30.7 Å². The summed E-state index contributed by atoms with van der Waals surface area (Å²) in [6, 6.07) is 10.4. The smallest absolute Gasteiger partial charge is 0.330 e. The molecule has 3 aromatic rings. The summed E-state index contributed by atoms with van der Waals surface area (Å²) in [5, 5.41) is 3.06. The Bertz CT molecular complexity index is 1020. The number of fused-ring (bicyclic) bond motifs is 1. The van der Waals surface area contributed by atoms with Gasteiger partial charge in [-0.3, -0.25) is 19.1 Å². The SMILES string of the molecule is Cc1ccccc1C(=O)NCCn1c(=O)[nH]c2ncccc2c1=O. The second-order valence-electron chi connectivity index (χ2n) is 5.36. The third-order valence-electron chi connectivity index (χ3n) is 3.76. The number of carbonyl (C=O) groups excluding carboxylic acids is 1. The normalized spacial score (nSPS) is 10.7. The highest BCUT2D eigenvalue weighted by Gasteiger charge is 2.10. The number of nitrogens with zero attached hydrogens (tertiary/aromatic N) is 2. The average molecular weight is 324 g/mol. The molecular weight excluding hydrogens is 308 g/mol. The molecule has 0 spiro atoms. The molecule has 0 fully saturated rings. The molecule has 0 atom stereocenters. The Labute approximate surface area is 137 Å². The molecule has 2 N–H and O–H groups in total. The summed E-state index contributed by atoms with van der Waals surface area (Å²) in [5.74, 6) is -0.236. The third kappa shape index (κ3) is 2.96. The van der Waals surface area contributed by atoms with Crippen LogP contribution in [0.25, 0.3) is 11.0 Å². The fourth-order valence-electron chi connectivity index (χ4n) is 2.49. The predicted molar refractivity (Wildman–Crippen MR) is 90.1 cm³/mol. The van der Waals surface area contributed by atoms with Gasteiger partial charge in [-0.15, -0.1) is 0 Å². The molecule has 7 heteroatoms. The first-order valence-corrected chi connectivity index (χ1v) is 7.49. The van der Waals surface area contributed by atoms with Crippen LogP contribution in [-0.4, -0.2) is 27.0 Å². The number of aromatic nitrogens is 3. The van der Waals surface area contributed by atoms with E-state index in [1.165, 1.54) is 6.20 Å². The van der Waals surface area contributed by atoms with Gasteiger partial charge < -0.3 is 5.32 Å². The molecular formula is C17H16N4O3.